The van der Waals surface area contributed by atoms with E-state index in [0.717, 1.165) is 33.1 Å². The molecule has 0 atom stereocenters. The van der Waals surface area contributed by atoms with E-state index in [1.54, 1.807) is 0 Å². The molecule has 0 spiro atoms. The Bertz CT molecular complexity index is 2510. The predicted octanol–water partition coefficient (Wildman–Crippen LogP) is 12.6. The Labute approximate surface area is 261 Å². The zero-order valence-corrected chi connectivity index (χ0v) is 24.6. The molecule has 8 aromatic carbocycles. The van der Waals surface area contributed by atoms with E-state index in [4.69, 9.17) is 4.42 Å². The van der Waals surface area contributed by atoms with Crippen molar-refractivity contribution in [3.8, 4) is 44.5 Å². The molecule has 45 heavy (non-hydrogen) atoms. The second-order valence-electron chi connectivity index (χ2n) is 11.6. The minimum Gasteiger partial charge on any atom is -0.455 e. The van der Waals surface area contributed by atoms with Crippen molar-refractivity contribution in [1.82, 2.24) is 0 Å². The maximum absolute atomic E-state index is 6.48. The molecule has 0 saturated carbocycles. The van der Waals surface area contributed by atoms with Gasteiger partial charge < -0.3 is 4.42 Å². The fourth-order valence-corrected chi connectivity index (χ4v) is 7.01. The van der Waals surface area contributed by atoms with Gasteiger partial charge in [0.2, 0.25) is 0 Å². The molecule has 0 radical (unpaired) electrons. The lowest BCUT2D eigenvalue weighted by molar-refractivity contribution is 0.670. The van der Waals surface area contributed by atoms with Crippen molar-refractivity contribution < 1.29 is 4.42 Å². The van der Waals surface area contributed by atoms with Crippen LogP contribution in [0, 0.1) is 0 Å². The van der Waals surface area contributed by atoms with Crippen molar-refractivity contribution in [3.63, 3.8) is 0 Å². The minimum absolute atomic E-state index is 0.914. The summed E-state index contributed by atoms with van der Waals surface area (Å²) in [5.74, 6) is 0. The molecular formula is C44H28O. The van der Waals surface area contributed by atoms with Gasteiger partial charge in [0, 0.05) is 16.3 Å². The first-order valence-corrected chi connectivity index (χ1v) is 15.4. The van der Waals surface area contributed by atoms with Crippen molar-refractivity contribution in [1.29, 1.82) is 0 Å². The summed E-state index contributed by atoms with van der Waals surface area (Å²) in [7, 11) is 0. The van der Waals surface area contributed by atoms with Gasteiger partial charge in [0.05, 0.1) is 0 Å². The summed E-state index contributed by atoms with van der Waals surface area (Å²) in [5.41, 5.74) is 11.4. The predicted molar refractivity (Wildman–Crippen MR) is 190 cm³/mol. The highest BCUT2D eigenvalue weighted by atomic mass is 16.3. The van der Waals surface area contributed by atoms with Crippen molar-refractivity contribution in [3.05, 3.63) is 170 Å². The van der Waals surface area contributed by atoms with Crippen molar-refractivity contribution in [2.45, 2.75) is 0 Å². The quantitative estimate of drug-likeness (QED) is 0.191. The molecule has 0 N–H and O–H groups in total. The average Bonchev–Trinajstić information content (AvgIpc) is 3.50. The minimum atomic E-state index is 0.914. The number of benzene rings is 8. The second-order valence-corrected chi connectivity index (χ2v) is 11.6. The van der Waals surface area contributed by atoms with Crippen LogP contribution in [0.25, 0.3) is 88.0 Å². The first-order valence-electron chi connectivity index (χ1n) is 15.4. The maximum Gasteiger partial charge on any atom is 0.143 e. The second kappa shape index (κ2) is 10.4. The fraction of sp³-hybridized carbons (Fsp3) is 0. The van der Waals surface area contributed by atoms with E-state index in [1.807, 2.05) is 6.07 Å². The standard InChI is InChI=1S/C44H28O/c1-4-13-29(14-5-1)32-23-25-36-39(27-32)42(30-15-6-2-7-16-30)37-26-24-33(28-40(37)43(36)31-17-8-3-9-18-31)34-20-12-21-38-35-19-10-11-22-41(35)45-44(34)38/h1-28H. The summed E-state index contributed by atoms with van der Waals surface area (Å²) >= 11 is 0. The summed E-state index contributed by atoms with van der Waals surface area (Å²) in [4.78, 5) is 0. The van der Waals surface area contributed by atoms with Crippen molar-refractivity contribution >= 4 is 43.5 Å². The van der Waals surface area contributed by atoms with Crippen molar-refractivity contribution in [2.24, 2.45) is 0 Å². The number of para-hydroxylation sites is 2. The van der Waals surface area contributed by atoms with Gasteiger partial charge in [-0.15, -0.1) is 0 Å². The van der Waals surface area contributed by atoms with Crippen LogP contribution in [0.2, 0.25) is 0 Å². The van der Waals surface area contributed by atoms with Crippen LogP contribution in [0.1, 0.15) is 0 Å². The van der Waals surface area contributed by atoms with Crippen LogP contribution < -0.4 is 0 Å². The summed E-state index contributed by atoms with van der Waals surface area (Å²) in [6.45, 7) is 0. The third kappa shape index (κ3) is 4.17. The van der Waals surface area contributed by atoms with Gasteiger partial charge in [-0.2, -0.15) is 0 Å². The lowest BCUT2D eigenvalue weighted by atomic mass is 9.84. The Morgan fingerprint density at radius 1 is 0.289 bits per heavy atom. The summed E-state index contributed by atoms with van der Waals surface area (Å²) < 4.78 is 6.48. The van der Waals surface area contributed by atoms with Gasteiger partial charge in [-0.3, -0.25) is 0 Å². The van der Waals surface area contributed by atoms with Gasteiger partial charge >= 0.3 is 0 Å². The molecule has 0 aliphatic heterocycles. The molecule has 0 aliphatic rings. The normalized spacial score (nSPS) is 11.6. The number of furan rings is 1. The highest BCUT2D eigenvalue weighted by Gasteiger charge is 2.19. The number of hydrogen-bond acceptors (Lipinski definition) is 1. The first-order chi connectivity index (χ1) is 22.3. The Morgan fingerprint density at radius 3 is 1.44 bits per heavy atom. The fourth-order valence-electron chi connectivity index (χ4n) is 7.01. The molecule has 0 fully saturated rings. The monoisotopic (exact) mass is 572 g/mol. The maximum atomic E-state index is 6.48. The van der Waals surface area contributed by atoms with Crippen LogP contribution in [0.5, 0.6) is 0 Å². The van der Waals surface area contributed by atoms with Gasteiger partial charge in [-0.25, -0.2) is 0 Å². The van der Waals surface area contributed by atoms with Gasteiger partial charge in [0.25, 0.3) is 0 Å². The highest BCUT2D eigenvalue weighted by Crippen LogP contribution is 2.46. The molecule has 1 nitrogen and oxygen atoms in total. The van der Waals surface area contributed by atoms with E-state index in [0.29, 0.717) is 0 Å². The molecule has 0 aliphatic carbocycles. The third-order valence-corrected chi connectivity index (χ3v) is 9.06. The van der Waals surface area contributed by atoms with Gasteiger partial charge in [0.1, 0.15) is 11.2 Å². The zero-order valence-electron chi connectivity index (χ0n) is 24.6. The first kappa shape index (κ1) is 25.6. The molecule has 0 saturated heterocycles. The van der Waals surface area contributed by atoms with Crippen LogP contribution in [-0.2, 0) is 0 Å². The molecule has 1 aromatic heterocycles. The van der Waals surface area contributed by atoms with E-state index in [-0.39, 0.29) is 0 Å². The Balaban J connectivity index is 1.41. The topological polar surface area (TPSA) is 13.1 Å². The van der Waals surface area contributed by atoms with E-state index < -0.39 is 0 Å². The van der Waals surface area contributed by atoms with Crippen LogP contribution in [-0.4, -0.2) is 0 Å². The summed E-state index contributed by atoms with van der Waals surface area (Å²) in [6.07, 6.45) is 0. The lowest BCUT2D eigenvalue weighted by Crippen LogP contribution is -1.92. The van der Waals surface area contributed by atoms with E-state index in [2.05, 4.69) is 164 Å². The van der Waals surface area contributed by atoms with Gasteiger partial charge in [-0.05, 0) is 78.7 Å². The highest BCUT2D eigenvalue weighted by molar-refractivity contribution is 6.23. The molecule has 0 unspecified atom stereocenters. The number of fused-ring (bicyclic) bond motifs is 5. The molecule has 0 bridgehead atoms. The summed E-state index contributed by atoms with van der Waals surface area (Å²) in [5, 5.41) is 7.24. The SMILES string of the molecule is c1ccc(-c2ccc3c(-c4ccccc4)c4cc(-c5cccc6c5oc5ccccc56)ccc4c(-c4ccccc4)c3c2)cc1. The molecule has 210 valence electrons. The molecule has 1 heteroatoms. The Kier molecular flexibility index (Phi) is 5.89. The van der Waals surface area contributed by atoms with Crippen LogP contribution >= 0.6 is 0 Å². The zero-order chi connectivity index (χ0) is 29.7. The number of rotatable bonds is 4. The van der Waals surface area contributed by atoms with E-state index in [9.17, 15) is 0 Å². The van der Waals surface area contributed by atoms with Crippen LogP contribution in [0.15, 0.2) is 174 Å². The molecule has 9 aromatic rings. The van der Waals surface area contributed by atoms with E-state index >= 15 is 0 Å². The summed E-state index contributed by atoms with van der Waals surface area (Å²) in [6, 6.07) is 61.0. The largest absolute Gasteiger partial charge is 0.455 e. The third-order valence-electron chi connectivity index (χ3n) is 9.06. The molecule has 0 amide bonds. The van der Waals surface area contributed by atoms with Crippen LogP contribution in [0.3, 0.4) is 0 Å². The molecule has 1 heterocycles. The molecule has 9 rings (SSSR count). The number of hydrogen-bond donors (Lipinski definition) is 0. The van der Waals surface area contributed by atoms with E-state index in [1.165, 1.54) is 54.9 Å². The van der Waals surface area contributed by atoms with Gasteiger partial charge in [-0.1, -0.05) is 152 Å². The van der Waals surface area contributed by atoms with Gasteiger partial charge in [0.15, 0.2) is 0 Å². The smallest absolute Gasteiger partial charge is 0.143 e. The Hall–Kier alpha value is -5.92. The Morgan fingerprint density at radius 2 is 0.800 bits per heavy atom. The van der Waals surface area contributed by atoms with Crippen molar-refractivity contribution in [2.75, 3.05) is 0 Å². The van der Waals surface area contributed by atoms with Crippen LogP contribution in [0.4, 0.5) is 0 Å². The average molecular weight is 573 g/mol. The lowest BCUT2D eigenvalue weighted by Gasteiger charge is -2.19. The molecular weight excluding hydrogens is 544 g/mol.